The second-order valence-electron chi connectivity index (χ2n) is 11.6. The van der Waals surface area contributed by atoms with Gasteiger partial charge in [-0.3, -0.25) is 19.3 Å². The summed E-state index contributed by atoms with van der Waals surface area (Å²) in [5, 5.41) is 14.1. The van der Waals surface area contributed by atoms with Gasteiger partial charge in [-0.2, -0.15) is 0 Å². The van der Waals surface area contributed by atoms with Gasteiger partial charge in [-0.15, -0.1) is 16.2 Å². The number of hydrogen-bond donors (Lipinski definition) is 1. The van der Waals surface area contributed by atoms with Crippen LogP contribution >= 0.6 is 48.9 Å². The maximum absolute atomic E-state index is 14.2. The zero-order valence-electron chi connectivity index (χ0n) is 26.2. The Hall–Kier alpha value is -4.25. The average Bonchev–Trinajstić information content (AvgIpc) is 3.59. The fraction of sp³-hybridized carbons (Fsp3) is 0.242. The van der Waals surface area contributed by atoms with Crippen molar-refractivity contribution in [1.82, 2.24) is 19.8 Å². The summed E-state index contributed by atoms with van der Waals surface area (Å²) in [6, 6.07) is 20.4. The van der Waals surface area contributed by atoms with Gasteiger partial charge in [0, 0.05) is 10.0 Å². The third kappa shape index (κ3) is 6.45. The van der Waals surface area contributed by atoms with Crippen molar-refractivity contribution in [3.05, 3.63) is 111 Å². The Labute approximate surface area is 301 Å². The Kier molecular flexibility index (Phi) is 9.84. The third-order valence-electron chi connectivity index (χ3n) is 8.13. The molecular weight excluding hydrogens is 754 g/mol. The Morgan fingerprint density at radius 2 is 1.69 bits per heavy atom. The molecule has 1 N–H and O–H groups in total. The van der Waals surface area contributed by atoms with Gasteiger partial charge in [-0.05, 0) is 61.4 Å². The molecule has 49 heavy (non-hydrogen) atoms. The molecule has 3 unspecified atom stereocenters. The first-order chi connectivity index (χ1) is 23.4. The lowest BCUT2D eigenvalue weighted by Crippen LogP contribution is -2.72. The van der Waals surface area contributed by atoms with E-state index in [0.29, 0.717) is 15.5 Å². The van der Waals surface area contributed by atoms with E-state index in [1.54, 1.807) is 68.4 Å². The number of β-lactam (4-membered cyclic amide) rings is 1. The van der Waals surface area contributed by atoms with Crippen molar-refractivity contribution < 1.29 is 29.0 Å². The molecule has 0 bridgehead atoms. The number of fused-ring (bicyclic) bond motifs is 1. The number of esters is 1. The molecule has 2 fully saturated rings. The van der Waals surface area contributed by atoms with Crippen LogP contribution in [0.1, 0.15) is 42.7 Å². The lowest BCUT2D eigenvalue weighted by molar-refractivity contribution is -0.164. The number of ether oxygens (including phenoxy) is 1. The van der Waals surface area contributed by atoms with Gasteiger partial charge in [0.15, 0.2) is 28.5 Å². The minimum absolute atomic E-state index is 0.305. The molecule has 0 saturated carbocycles. The van der Waals surface area contributed by atoms with Gasteiger partial charge in [0.05, 0.1) is 15.5 Å². The standard InChI is InChI=1S/C33H28BrN5O7S3/c1-18(40)25(31(44)46-17-23(41)19-13-15-21(34)16-14-19)37-28(42)27(30(37)48-49-32-35-22-11-7-8-12-24(22)47-32)38-29(43)26(20-9-5-4-6-10-20)39(36-45)33(38,2)3/h4-16,26-27,30,40H,17H2,1-3H3. The number of likely N-dealkylation sites (tertiary alicyclic amines) is 1. The number of para-hydroxylation sites is 1. The molecule has 16 heteroatoms. The highest BCUT2D eigenvalue weighted by Gasteiger charge is 2.64. The van der Waals surface area contributed by atoms with Gasteiger partial charge in [-0.1, -0.05) is 81.3 Å². The van der Waals surface area contributed by atoms with Crippen molar-refractivity contribution in [1.29, 1.82) is 0 Å². The van der Waals surface area contributed by atoms with Crippen LogP contribution < -0.4 is 0 Å². The number of nitroso groups, excluding NO2 is 1. The van der Waals surface area contributed by atoms with E-state index >= 15 is 0 Å². The number of aliphatic hydroxyl groups excluding tert-OH is 1. The molecule has 0 radical (unpaired) electrons. The topological polar surface area (TPSA) is 150 Å². The monoisotopic (exact) mass is 781 g/mol. The molecule has 12 nitrogen and oxygen atoms in total. The minimum atomic E-state index is -1.36. The average molecular weight is 783 g/mol. The minimum Gasteiger partial charge on any atom is -0.510 e. The second kappa shape index (κ2) is 13.9. The van der Waals surface area contributed by atoms with Crippen LogP contribution in [-0.4, -0.2) is 72.2 Å². The molecule has 1 aromatic heterocycles. The summed E-state index contributed by atoms with van der Waals surface area (Å²) < 4.78 is 7.69. The van der Waals surface area contributed by atoms with E-state index in [0.717, 1.165) is 35.4 Å². The van der Waals surface area contributed by atoms with Gasteiger partial charge in [-0.25, -0.2) is 14.8 Å². The molecule has 4 aromatic rings. The van der Waals surface area contributed by atoms with Gasteiger partial charge in [0.1, 0.15) is 22.8 Å². The molecule has 2 amide bonds. The number of benzene rings is 3. The number of carbonyl (C=O) groups is 4. The van der Waals surface area contributed by atoms with Crippen LogP contribution in [0.5, 0.6) is 0 Å². The van der Waals surface area contributed by atoms with Gasteiger partial charge >= 0.3 is 5.97 Å². The maximum Gasteiger partial charge on any atom is 0.359 e. The molecule has 2 aliphatic rings. The fourth-order valence-corrected chi connectivity index (χ4v) is 10.0. The smallest absolute Gasteiger partial charge is 0.359 e. The fourth-order valence-electron chi connectivity index (χ4n) is 5.81. The quantitative estimate of drug-likeness (QED) is 0.0324. The number of ketones is 1. The summed E-state index contributed by atoms with van der Waals surface area (Å²) in [5.41, 5.74) is -0.222. The van der Waals surface area contributed by atoms with Crippen molar-refractivity contribution in [3.8, 4) is 0 Å². The maximum atomic E-state index is 14.2. The van der Waals surface area contributed by atoms with Crippen LogP contribution in [0, 0.1) is 4.91 Å². The number of Topliss-reactive ketones (excluding diaryl/α,β-unsaturated/α-hetero) is 1. The summed E-state index contributed by atoms with van der Waals surface area (Å²) in [7, 11) is 2.40. The highest BCUT2D eigenvalue weighted by molar-refractivity contribution is 9.10. The van der Waals surface area contributed by atoms with E-state index in [2.05, 4.69) is 26.2 Å². The number of hydrogen-bond acceptors (Lipinski definition) is 12. The molecule has 0 spiro atoms. The first-order valence-electron chi connectivity index (χ1n) is 14.8. The third-order valence-corrected chi connectivity index (χ3v) is 12.7. The first kappa shape index (κ1) is 34.6. The number of allylic oxidation sites excluding steroid dienone is 1. The number of aromatic nitrogens is 1. The Bertz CT molecular complexity index is 1950. The molecule has 2 saturated heterocycles. The van der Waals surface area contributed by atoms with Crippen molar-refractivity contribution >= 4 is 82.6 Å². The van der Waals surface area contributed by atoms with Gasteiger partial charge < -0.3 is 14.7 Å². The van der Waals surface area contributed by atoms with E-state index < -0.39 is 64.8 Å². The zero-order chi connectivity index (χ0) is 35.0. The predicted molar refractivity (Wildman–Crippen MR) is 190 cm³/mol. The van der Waals surface area contributed by atoms with E-state index in [4.69, 9.17) is 4.74 Å². The van der Waals surface area contributed by atoms with Crippen molar-refractivity contribution in [2.24, 2.45) is 5.29 Å². The Morgan fingerprint density at radius 3 is 2.35 bits per heavy atom. The molecule has 3 atom stereocenters. The molecule has 252 valence electrons. The van der Waals surface area contributed by atoms with Crippen LogP contribution in [-0.2, 0) is 19.1 Å². The van der Waals surface area contributed by atoms with E-state index in [1.165, 1.54) is 34.0 Å². The molecule has 3 heterocycles. The van der Waals surface area contributed by atoms with Gasteiger partial charge in [0.2, 0.25) is 0 Å². The number of rotatable bonds is 11. The zero-order valence-corrected chi connectivity index (χ0v) is 30.2. The van der Waals surface area contributed by atoms with Crippen molar-refractivity contribution in [2.45, 2.75) is 48.2 Å². The molecule has 3 aromatic carbocycles. The number of thiazole rings is 1. The lowest BCUT2D eigenvalue weighted by Gasteiger charge is -2.52. The van der Waals surface area contributed by atoms with Crippen molar-refractivity contribution in [2.75, 3.05) is 6.61 Å². The van der Waals surface area contributed by atoms with E-state index in [-0.39, 0.29) is 0 Å². The number of halogens is 1. The lowest BCUT2D eigenvalue weighted by atomic mass is 10.00. The molecular formula is C33H28BrN5O7S3. The molecule has 0 aliphatic carbocycles. The van der Waals surface area contributed by atoms with Gasteiger partial charge in [0.25, 0.3) is 11.8 Å². The highest BCUT2D eigenvalue weighted by atomic mass is 79.9. The SMILES string of the molecule is CC(O)=C(C(=O)OCC(=O)c1ccc(Br)cc1)N1C(=O)C(N2C(=O)C(c3ccccc3)N(N=O)C2(C)C)C1SSc1nc2ccccc2s1. The van der Waals surface area contributed by atoms with Crippen LogP contribution in [0.25, 0.3) is 10.2 Å². The largest absolute Gasteiger partial charge is 0.510 e. The predicted octanol–water partition coefficient (Wildman–Crippen LogP) is 6.85. The van der Waals surface area contributed by atoms with Crippen LogP contribution in [0.15, 0.2) is 104 Å². The summed E-state index contributed by atoms with van der Waals surface area (Å²) in [5.74, 6) is -3.33. The Balaban J connectivity index is 1.32. The van der Waals surface area contributed by atoms with Crippen molar-refractivity contribution in [3.63, 3.8) is 0 Å². The van der Waals surface area contributed by atoms with Crippen LogP contribution in [0.4, 0.5) is 0 Å². The number of nitrogens with zero attached hydrogens (tertiary/aromatic N) is 5. The summed E-state index contributed by atoms with van der Waals surface area (Å²) >= 11 is 4.74. The summed E-state index contributed by atoms with van der Waals surface area (Å²) in [4.78, 5) is 73.9. The van der Waals surface area contributed by atoms with Crippen LogP contribution in [0.3, 0.4) is 0 Å². The molecule has 6 rings (SSSR count). The highest BCUT2D eigenvalue weighted by Crippen LogP contribution is 2.51. The normalized spacial score (nSPS) is 20.7. The summed E-state index contributed by atoms with van der Waals surface area (Å²) in [6.45, 7) is 3.81. The number of aliphatic hydroxyl groups is 1. The second-order valence-corrected chi connectivity index (χ2v) is 16.1. The number of amides is 2. The van der Waals surface area contributed by atoms with Crippen LogP contribution in [0.2, 0.25) is 0 Å². The molecule has 2 aliphatic heterocycles. The van der Waals surface area contributed by atoms with E-state index in [1.807, 2.05) is 24.3 Å². The first-order valence-corrected chi connectivity index (χ1v) is 18.6. The number of carbonyl (C=O) groups excluding carboxylic acids is 4. The summed E-state index contributed by atoms with van der Waals surface area (Å²) in [6.07, 6.45) is 0. The van der Waals surface area contributed by atoms with E-state index in [9.17, 15) is 29.2 Å². The Morgan fingerprint density at radius 1 is 1.02 bits per heavy atom.